The van der Waals surface area contributed by atoms with Crippen molar-refractivity contribution >= 4 is 40.8 Å². The summed E-state index contributed by atoms with van der Waals surface area (Å²) in [5.74, 6) is -0.610. The Bertz CT molecular complexity index is 1140. The van der Waals surface area contributed by atoms with Crippen LogP contribution in [0.3, 0.4) is 0 Å². The van der Waals surface area contributed by atoms with Crippen LogP contribution < -0.4 is 11.1 Å². The van der Waals surface area contributed by atoms with Crippen LogP contribution in [0.25, 0.3) is 11.3 Å². The van der Waals surface area contributed by atoms with Crippen LogP contribution in [0, 0.1) is 6.92 Å². The van der Waals surface area contributed by atoms with Crippen LogP contribution in [0.2, 0.25) is 10.0 Å². The van der Waals surface area contributed by atoms with Crippen molar-refractivity contribution in [3.63, 3.8) is 0 Å². The van der Waals surface area contributed by atoms with E-state index in [2.05, 4.69) is 5.32 Å². The van der Waals surface area contributed by atoms with Crippen molar-refractivity contribution in [3.05, 3.63) is 75.4 Å². The van der Waals surface area contributed by atoms with E-state index >= 15 is 0 Å². The number of urea groups is 1. The van der Waals surface area contributed by atoms with E-state index in [-0.39, 0.29) is 18.1 Å². The average molecular weight is 443 g/mol. The lowest BCUT2D eigenvalue weighted by molar-refractivity contribution is 0.0997. The summed E-state index contributed by atoms with van der Waals surface area (Å²) in [5.41, 5.74) is 9.70. The fourth-order valence-corrected chi connectivity index (χ4v) is 4.28. The molecule has 8 heteroatoms. The van der Waals surface area contributed by atoms with E-state index in [1.54, 1.807) is 17.0 Å². The molecule has 3 amide bonds. The first-order chi connectivity index (χ1) is 14.4. The lowest BCUT2D eigenvalue weighted by Crippen LogP contribution is -2.41. The number of fused-ring (bicyclic) bond motifs is 1. The van der Waals surface area contributed by atoms with E-state index < -0.39 is 5.91 Å². The summed E-state index contributed by atoms with van der Waals surface area (Å²) in [6.45, 7) is 3.06. The minimum absolute atomic E-state index is 0.225. The second kappa shape index (κ2) is 8.05. The maximum Gasteiger partial charge on any atom is 0.322 e. The van der Waals surface area contributed by atoms with Crippen molar-refractivity contribution < 1.29 is 9.59 Å². The molecule has 4 rings (SSSR count). The Hall–Kier alpha value is -2.96. The molecule has 0 aliphatic carbocycles. The van der Waals surface area contributed by atoms with Crippen LogP contribution in [-0.2, 0) is 13.1 Å². The maximum absolute atomic E-state index is 12.8. The highest BCUT2D eigenvalue weighted by Crippen LogP contribution is 2.37. The molecule has 2 aromatic carbocycles. The van der Waals surface area contributed by atoms with Gasteiger partial charge in [-0.1, -0.05) is 53.5 Å². The normalized spacial score (nSPS) is 13.1. The number of primary amides is 1. The van der Waals surface area contributed by atoms with Crippen molar-refractivity contribution in [2.75, 3.05) is 11.9 Å². The smallest absolute Gasteiger partial charge is 0.322 e. The van der Waals surface area contributed by atoms with Gasteiger partial charge in [-0.05, 0) is 36.2 Å². The van der Waals surface area contributed by atoms with Gasteiger partial charge in [-0.2, -0.15) is 0 Å². The summed E-state index contributed by atoms with van der Waals surface area (Å²) in [7, 11) is 0. The molecular weight excluding hydrogens is 423 g/mol. The zero-order valence-corrected chi connectivity index (χ0v) is 17.8. The predicted octanol–water partition coefficient (Wildman–Crippen LogP) is 4.92. The zero-order valence-electron chi connectivity index (χ0n) is 16.3. The summed E-state index contributed by atoms with van der Waals surface area (Å²) >= 11 is 12.6. The van der Waals surface area contributed by atoms with Crippen molar-refractivity contribution in [1.82, 2.24) is 9.47 Å². The van der Waals surface area contributed by atoms with Gasteiger partial charge in [-0.25, -0.2) is 4.79 Å². The number of anilines is 1. The van der Waals surface area contributed by atoms with E-state index in [9.17, 15) is 9.59 Å². The second-order valence-electron chi connectivity index (χ2n) is 7.18. The number of nitrogens with two attached hydrogens (primary N) is 1. The largest absolute Gasteiger partial charge is 0.365 e. The standard InChI is InChI=1S/C22H20Cl2N4O2/c1-13-11-15(7-8-16(13)23)26-22(30)27-9-10-28-17(12-27)18(21(25)29)19(24)20(28)14-5-3-2-4-6-14/h2-8,11H,9-10,12H2,1H3,(H2,25,29)(H,26,30). The average Bonchev–Trinajstić information content (AvgIpc) is 3.02. The Morgan fingerprint density at radius 2 is 1.80 bits per heavy atom. The second-order valence-corrected chi connectivity index (χ2v) is 7.97. The topological polar surface area (TPSA) is 80.4 Å². The van der Waals surface area contributed by atoms with Crippen LogP contribution in [-0.4, -0.2) is 28.0 Å². The molecule has 1 aliphatic heterocycles. The van der Waals surface area contributed by atoms with Crippen molar-refractivity contribution in [1.29, 1.82) is 0 Å². The highest BCUT2D eigenvalue weighted by Gasteiger charge is 2.31. The lowest BCUT2D eigenvalue weighted by atomic mass is 10.1. The van der Waals surface area contributed by atoms with Gasteiger partial charge in [0.1, 0.15) is 0 Å². The zero-order chi connectivity index (χ0) is 21.4. The molecule has 0 bridgehead atoms. The SMILES string of the molecule is Cc1cc(NC(=O)N2CCn3c(c(C(N)=O)c(Cl)c3-c3ccccc3)C2)ccc1Cl. The summed E-state index contributed by atoms with van der Waals surface area (Å²) in [5, 5.41) is 3.84. The number of hydrogen-bond donors (Lipinski definition) is 2. The lowest BCUT2D eigenvalue weighted by Gasteiger charge is -2.30. The third kappa shape index (κ3) is 3.64. The van der Waals surface area contributed by atoms with Crippen LogP contribution >= 0.6 is 23.2 Å². The molecule has 3 N–H and O–H groups in total. The fourth-order valence-electron chi connectivity index (χ4n) is 3.75. The molecule has 3 aromatic rings. The third-order valence-corrected chi connectivity index (χ3v) is 6.03. The number of hydrogen-bond acceptors (Lipinski definition) is 2. The number of halogens is 2. The Labute approximate surface area is 184 Å². The van der Waals surface area contributed by atoms with Gasteiger partial charge >= 0.3 is 6.03 Å². The first-order valence-electron chi connectivity index (χ1n) is 9.45. The number of rotatable bonds is 3. The van der Waals surface area contributed by atoms with Gasteiger partial charge in [0.25, 0.3) is 5.91 Å². The minimum atomic E-state index is -0.610. The Morgan fingerprint density at radius 1 is 1.07 bits per heavy atom. The monoisotopic (exact) mass is 442 g/mol. The molecular formula is C22H20Cl2N4O2. The Kier molecular flexibility index (Phi) is 5.45. The molecule has 0 radical (unpaired) electrons. The van der Waals surface area contributed by atoms with E-state index in [0.717, 1.165) is 16.8 Å². The number of benzene rings is 2. The molecule has 154 valence electrons. The number of amides is 3. The summed E-state index contributed by atoms with van der Waals surface area (Å²) < 4.78 is 1.98. The van der Waals surface area contributed by atoms with Gasteiger partial charge in [-0.15, -0.1) is 0 Å². The Morgan fingerprint density at radius 3 is 2.47 bits per heavy atom. The first kappa shape index (κ1) is 20.3. The molecule has 2 heterocycles. The number of carbonyl (C=O) groups is 2. The molecule has 1 aromatic heterocycles. The first-order valence-corrected chi connectivity index (χ1v) is 10.2. The van der Waals surface area contributed by atoms with E-state index in [4.69, 9.17) is 28.9 Å². The molecule has 6 nitrogen and oxygen atoms in total. The Balaban J connectivity index is 1.65. The number of nitrogens with zero attached hydrogens (tertiary/aromatic N) is 2. The number of carbonyl (C=O) groups excluding carboxylic acids is 2. The molecule has 0 saturated heterocycles. The molecule has 0 atom stereocenters. The van der Waals surface area contributed by atoms with E-state index in [1.807, 2.05) is 47.9 Å². The number of aryl methyl sites for hydroxylation is 1. The fraction of sp³-hybridized carbons (Fsp3) is 0.182. The van der Waals surface area contributed by atoms with Gasteiger partial charge in [0.15, 0.2) is 0 Å². The van der Waals surface area contributed by atoms with E-state index in [0.29, 0.717) is 34.5 Å². The highest BCUT2D eigenvalue weighted by atomic mass is 35.5. The van der Waals surface area contributed by atoms with Crippen LogP contribution in [0.4, 0.5) is 10.5 Å². The van der Waals surface area contributed by atoms with Crippen molar-refractivity contribution in [3.8, 4) is 11.3 Å². The number of aromatic nitrogens is 1. The quantitative estimate of drug-likeness (QED) is 0.603. The van der Waals surface area contributed by atoms with Gasteiger partial charge in [0.05, 0.1) is 28.5 Å². The highest BCUT2D eigenvalue weighted by molar-refractivity contribution is 6.36. The minimum Gasteiger partial charge on any atom is -0.365 e. The maximum atomic E-state index is 12.8. The third-order valence-electron chi connectivity index (χ3n) is 5.24. The molecule has 1 aliphatic rings. The molecule has 0 saturated carbocycles. The van der Waals surface area contributed by atoms with Gasteiger partial charge in [0.2, 0.25) is 0 Å². The van der Waals surface area contributed by atoms with Crippen LogP contribution in [0.5, 0.6) is 0 Å². The van der Waals surface area contributed by atoms with Gasteiger partial charge in [-0.3, -0.25) is 4.79 Å². The van der Waals surface area contributed by atoms with Crippen LogP contribution in [0.1, 0.15) is 21.6 Å². The summed E-state index contributed by atoms with van der Waals surface area (Å²) in [4.78, 5) is 26.6. The van der Waals surface area contributed by atoms with Crippen molar-refractivity contribution in [2.45, 2.75) is 20.0 Å². The molecule has 0 fully saturated rings. The summed E-state index contributed by atoms with van der Waals surface area (Å²) in [6, 6.07) is 14.6. The molecule has 0 unspecified atom stereocenters. The van der Waals surface area contributed by atoms with E-state index in [1.165, 1.54) is 0 Å². The van der Waals surface area contributed by atoms with Gasteiger partial charge in [0, 0.05) is 23.8 Å². The van der Waals surface area contributed by atoms with Gasteiger partial charge < -0.3 is 20.5 Å². The molecule has 30 heavy (non-hydrogen) atoms. The van der Waals surface area contributed by atoms with Crippen LogP contribution in [0.15, 0.2) is 48.5 Å². The predicted molar refractivity (Wildman–Crippen MR) is 119 cm³/mol. The number of nitrogens with one attached hydrogen (secondary N) is 1. The summed E-state index contributed by atoms with van der Waals surface area (Å²) in [6.07, 6.45) is 0. The van der Waals surface area contributed by atoms with Crippen molar-refractivity contribution in [2.24, 2.45) is 5.73 Å². The molecule has 0 spiro atoms.